The Labute approximate surface area is 160 Å². The summed E-state index contributed by atoms with van der Waals surface area (Å²) in [4.78, 5) is 50.7. The molecule has 148 valence electrons. The monoisotopic (exact) mass is 399 g/mol. The number of hydrogen-bond donors (Lipinski definition) is 0. The maximum atomic E-state index is 12.7. The molecule has 0 unspecified atom stereocenters. The third-order valence-corrected chi connectivity index (χ3v) is 4.82. The number of hydrogen-bond acceptors (Lipinski definition) is 7. The topological polar surface area (TPSA) is 153 Å². The van der Waals surface area contributed by atoms with Gasteiger partial charge in [-0.3, -0.25) is 28.6 Å². The van der Waals surface area contributed by atoms with Crippen LogP contribution in [0, 0.1) is 20.2 Å². The maximum absolute atomic E-state index is 12.7. The summed E-state index contributed by atoms with van der Waals surface area (Å²) < 4.78 is 4.48. The Hall–Kier alpha value is -4.29. The van der Waals surface area contributed by atoms with E-state index < -0.39 is 26.9 Å². The molecule has 0 saturated heterocycles. The van der Waals surface area contributed by atoms with Gasteiger partial charge in [0, 0.05) is 38.8 Å². The predicted molar refractivity (Wildman–Crippen MR) is 101 cm³/mol. The van der Waals surface area contributed by atoms with Crippen molar-refractivity contribution in [3.8, 4) is 11.3 Å². The van der Waals surface area contributed by atoms with E-state index in [0.717, 1.165) is 13.5 Å². The largest absolute Gasteiger partial charge is 0.358 e. The lowest BCUT2D eigenvalue weighted by atomic mass is 10.1. The molecule has 0 aliphatic carbocycles. The molecule has 4 aromatic rings. The fourth-order valence-electron chi connectivity index (χ4n) is 3.40. The summed E-state index contributed by atoms with van der Waals surface area (Å²) >= 11 is 0. The molecule has 1 aromatic carbocycles. The molecule has 29 heavy (non-hydrogen) atoms. The van der Waals surface area contributed by atoms with Crippen LogP contribution in [0.15, 0.2) is 33.9 Å². The Morgan fingerprint density at radius 1 is 0.897 bits per heavy atom. The van der Waals surface area contributed by atoms with Crippen LogP contribution >= 0.6 is 0 Å². The van der Waals surface area contributed by atoms with E-state index in [1.165, 1.54) is 50.0 Å². The lowest BCUT2D eigenvalue weighted by Gasteiger charge is -2.04. The summed E-state index contributed by atoms with van der Waals surface area (Å²) in [5.74, 6) is -0.354. The summed E-state index contributed by atoms with van der Waals surface area (Å²) in [7, 11) is 4.21. The average Bonchev–Trinajstić information content (AvgIpc) is 3.20. The van der Waals surface area contributed by atoms with Gasteiger partial charge in [0.25, 0.3) is 5.69 Å². The molecule has 0 radical (unpaired) electrons. The molecule has 13 heteroatoms. The number of nitro groups is 2. The molecule has 13 nitrogen and oxygen atoms in total. The van der Waals surface area contributed by atoms with E-state index in [9.17, 15) is 29.8 Å². The Balaban J connectivity index is 2.18. The highest BCUT2D eigenvalue weighted by molar-refractivity contribution is 5.83. The van der Waals surface area contributed by atoms with Crippen molar-refractivity contribution < 1.29 is 9.85 Å². The van der Waals surface area contributed by atoms with Crippen molar-refractivity contribution in [2.45, 2.75) is 0 Å². The van der Waals surface area contributed by atoms with Crippen LogP contribution in [0.5, 0.6) is 0 Å². The third kappa shape index (κ3) is 2.30. The SMILES string of the molecule is Cn1c(=O)c2c(nc3n(C)c(-c4ccc([N+](=O)[O-])cc4)c([N+](=O)[O-])n23)n(C)c1=O. The number of non-ortho nitro benzene ring substituents is 1. The van der Waals surface area contributed by atoms with Gasteiger partial charge >= 0.3 is 22.8 Å². The molecule has 0 aliphatic rings. The number of nitrogens with zero attached hydrogens (tertiary/aromatic N) is 7. The number of imidazole rings is 2. The number of benzene rings is 1. The van der Waals surface area contributed by atoms with E-state index in [4.69, 9.17) is 0 Å². The van der Waals surface area contributed by atoms with Gasteiger partial charge in [0.05, 0.1) is 4.92 Å². The first kappa shape index (κ1) is 18.1. The Morgan fingerprint density at radius 3 is 2.07 bits per heavy atom. The van der Waals surface area contributed by atoms with Gasteiger partial charge in [-0.25, -0.2) is 4.79 Å². The minimum atomic E-state index is -0.723. The van der Waals surface area contributed by atoms with Gasteiger partial charge in [0.1, 0.15) is 5.69 Å². The minimum Gasteiger partial charge on any atom is -0.358 e. The fraction of sp³-hybridized carbons (Fsp3) is 0.188. The zero-order chi connectivity index (χ0) is 21.2. The van der Waals surface area contributed by atoms with Crippen LogP contribution in [0.4, 0.5) is 11.5 Å². The molecule has 4 rings (SSSR count). The van der Waals surface area contributed by atoms with Crippen LogP contribution in [-0.2, 0) is 21.1 Å². The molecule has 0 aliphatic heterocycles. The second kappa shape index (κ2) is 5.85. The smallest absolute Gasteiger partial charge is 0.355 e. The minimum absolute atomic E-state index is 0.0158. The summed E-state index contributed by atoms with van der Waals surface area (Å²) in [5.41, 5.74) is -1.13. The maximum Gasteiger partial charge on any atom is 0.355 e. The lowest BCUT2D eigenvalue weighted by Crippen LogP contribution is -2.37. The zero-order valence-electron chi connectivity index (χ0n) is 15.4. The molecule has 3 heterocycles. The van der Waals surface area contributed by atoms with Gasteiger partial charge in [-0.1, -0.05) is 0 Å². The van der Waals surface area contributed by atoms with Gasteiger partial charge in [0.2, 0.25) is 5.52 Å². The number of aryl methyl sites for hydroxylation is 2. The second-order valence-corrected chi connectivity index (χ2v) is 6.42. The number of rotatable bonds is 3. The summed E-state index contributed by atoms with van der Waals surface area (Å²) in [6.45, 7) is 0. The first-order valence-corrected chi connectivity index (χ1v) is 8.21. The van der Waals surface area contributed by atoms with Crippen LogP contribution in [0.3, 0.4) is 0 Å². The molecule has 0 amide bonds. The molecule has 0 spiro atoms. The van der Waals surface area contributed by atoms with Gasteiger partial charge in [-0.15, -0.1) is 4.40 Å². The Kier molecular flexibility index (Phi) is 3.65. The Bertz CT molecular complexity index is 1470. The van der Waals surface area contributed by atoms with Crippen molar-refractivity contribution in [1.82, 2.24) is 23.1 Å². The lowest BCUT2D eigenvalue weighted by molar-refractivity contribution is -0.389. The summed E-state index contributed by atoms with van der Waals surface area (Å²) in [5, 5.41) is 22.8. The van der Waals surface area contributed by atoms with Crippen molar-refractivity contribution in [3.63, 3.8) is 0 Å². The summed E-state index contributed by atoms with van der Waals surface area (Å²) in [6, 6.07) is 5.23. The molecular weight excluding hydrogens is 386 g/mol. The molecule has 0 saturated carbocycles. The number of aromatic nitrogens is 5. The molecule has 0 atom stereocenters. The van der Waals surface area contributed by atoms with Crippen molar-refractivity contribution in [1.29, 1.82) is 0 Å². The predicted octanol–water partition coefficient (Wildman–Crippen LogP) is 0.707. The van der Waals surface area contributed by atoms with E-state index in [2.05, 4.69) is 4.98 Å². The zero-order valence-corrected chi connectivity index (χ0v) is 15.4. The summed E-state index contributed by atoms with van der Waals surface area (Å²) in [6.07, 6.45) is 0. The van der Waals surface area contributed by atoms with Crippen molar-refractivity contribution in [2.75, 3.05) is 0 Å². The first-order valence-electron chi connectivity index (χ1n) is 8.21. The highest BCUT2D eigenvalue weighted by Gasteiger charge is 2.33. The number of nitro benzene ring substituents is 1. The van der Waals surface area contributed by atoms with Crippen LogP contribution in [0.25, 0.3) is 28.2 Å². The van der Waals surface area contributed by atoms with Crippen molar-refractivity contribution in [2.24, 2.45) is 21.1 Å². The highest BCUT2D eigenvalue weighted by Crippen LogP contribution is 2.35. The molecule has 0 fully saturated rings. The quantitative estimate of drug-likeness (QED) is 0.363. The van der Waals surface area contributed by atoms with Crippen LogP contribution in [-0.4, -0.2) is 32.9 Å². The molecule has 0 bridgehead atoms. The normalized spacial score (nSPS) is 11.4. The first-order chi connectivity index (χ1) is 13.6. The van der Waals surface area contributed by atoms with E-state index in [-0.39, 0.29) is 28.3 Å². The van der Waals surface area contributed by atoms with E-state index in [1.54, 1.807) is 0 Å². The molecular formula is C16H13N7O6. The third-order valence-electron chi connectivity index (χ3n) is 4.82. The van der Waals surface area contributed by atoms with Crippen molar-refractivity contribution in [3.05, 3.63) is 65.3 Å². The van der Waals surface area contributed by atoms with E-state index in [0.29, 0.717) is 5.56 Å². The van der Waals surface area contributed by atoms with Crippen LogP contribution < -0.4 is 11.2 Å². The highest BCUT2D eigenvalue weighted by atomic mass is 16.6. The molecule has 3 aromatic heterocycles. The van der Waals surface area contributed by atoms with Gasteiger partial charge in [-0.2, -0.15) is 4.98 Å². The van der Waals surface area contributed by atoms with Crippen LogP contribution in [0.2, 0.25) is 0 Å². The Morgan fingerprint density at radius 2 is 1.52 bits per heavy atom. The van der Waals surface area contributed by atoms with E-state index in [1.807, 2.05) is 0 Å². The van der Waals surface area contributed by atoms with Gasteiger partial charge in [-0.05, 0) is 17.1 Å². The number of fused-ring (bicyclic) bond motifs is 3. The fourth-order valence-corrected chi connectivity index (χ4v) is 3.40. The second-order valence-electron chi connectivity index (χ2n) is 6.42. The van der Waals surface area contributed by atoms with Gasteiger partial charge < -0.3 is 10.1 Å². The van der Waals surface area contributed by atoms with Crippen molar-refractivity contribution >= 4 is 28.4 Å². The standard InChI is InChI=1S/C16H13N7O6/c1-18-10(8-4-6-9(7-5-8)22(26)27)13(23(28)29)21-11-12(17-15(18)21)19(2)16(25)20(3)14(11)24/h4-7H,1-3H3. The van der Waals surface area contributed by atoms with Gasteiger partial charge in [0.15, 0.2) is 5.65 Å². The average molecular weight is 399 g/mol. The molecule has 0 N–H and O–H groups in total. The van der Waals surface area contributed by atoms with Crippen LogP contribution in [0.1, 0.15) is 0 Å². The van der Waals surface area contributed by atoms with E-state index >= 15 is 0 Å².